The van der Waals surface area contributed by atoms with Crippen LogP contribution in [0.2, 0.25) is 0 Å². The van der Waals surface area contributed by atoms with E-state index in [9.17, 15) is 4.39 Å². The maximum atomic E-state index is 13.7. The van der Waals surface area contributed by atoms with Crippen LogP contribution in [0.1, 0.15) is 51.9 Å². The van der Waals surface area contributed by atoms with Gasteiger partial charge in [-0.15, -0.1) is 0 Å². The first-order chi connectivity index (χ1) is 9.19. The lowest BCUT2D eigenvalue weighted by Gasteiger charge is -2.18. The van der Waals surface area contributed by atoms with E-state index in [1.54, 1.807) is 6.07 Å². The summed E-state index contributed by atoms with van der Waals surface area (Å²) >= 11 is 3.40. The largest absolute Gasteiger partial charge is 0.380 e. The van der Waals surface area contributed by atoms with E-state index in [-0.39, 0.29) is 5.82 Å². The zero-order valence-electron chi connectivity index (χ0n) is 11.6. The SMILES string of the molecule is CCCC1CCCC(Nc2cc(Br)ccc2F)CC1. The van der Waals surface area contributed by atoms with E-state index in [1.807, 2.05) is 6.07 Å². The fourth-order valence-corrected chi connectivity index (χ4v) is 3.41. The molecule has 2 unspecified atom stereocenters. The molecule has 1 aliphatic rings. The predicted octanol–water partition coefficient (Wildman–Crippen LogP) is 5.75. The van der Waals surface area contributed by atoms with Gasteiger partial charge in [-0.2, -0.15) is 0 Å². The number of benzene rings is 1. The number of rotatable bonds is 4. The van der Waals surface area contributed by atoms with Crippen LogP contribution in [0.4, 0.5) is 10.1 Å². The van der Waals surface area contributed by atoms with E-state index < -0.39 is 0 Å². The standard InChI is InChI=1S/C16H23BrFN/c1-2-4-12-5-3-6-14(9-7-12)19-16-11-13(17)8-10-15(16)18/h8,10-12,14,19H,2-7,9H2,1H3. The number of hydrogen-bond acceptors (Lipinski definition) is 1. The third-order valence-corrected chi connectivity index (χ3v) is 4.57. The van der Waals surface area contributed by atoms with Gasteiger partial charge in [-0.3, -0.25) is 0 Å². The normalized spacial score (nSPS) is 23.9. The first kappa shape index (κ1) is 14.8. The Balaban J connectivity index is 1.94. The summed E-state index contributed by atoms with van der Waals surface area (Å²) in [6.45, 7) is 2.26. The Morgan fingerprint density at radius 3 is 2.89 bits per heavy atom. The second-order valence-electron chi connectivity index (χ2n) is 5.63. The monoisotopic (exact) mass is 327 g/mol. The zero-order chi connectivity index (χ0) is 13.7. The molecule has 0 spiro atoms. The molecule has 0 heterocycles. The second kappa shape index (κ2) is 7.28. The minimum absolute atomic E-state index is 0.155. The average molecular weight is 328 g/mol. The molecule has 2 rings (SSSR count). The molecule has 19 heavy (non-hydrogen) atoms. The van der Waals surface area contributed by atoms with Crippen molar-refractivity contribution in [1.29, 1.82) is 0 Å². The first-order valence-electron chi connectivity index (χ1n) is 7.40. The molecule has 1 aromatic rings. The Labute approximate surface area is 124 Å². The topological polar surface area (TPSA) is 12.0 Å². The first-order valence-corrected chi connectivity index (χ1v) is 8.20. The van der Waals surface area contributed by atoms with Crippen molar-refractivity contribution < 1.29 is 4.39 Å². The van der Waals surface area contributed by atoms with Gasteiger partial charge < -0.3 is 5.32 Å². The van der Waals surface area contributed by atoms with Gasteiger partial charge in [0.2, 0.25) is 0 Å². The highest BCUT2D eigenvalue weighted by molar-refractivity contribution is 9.10. The van der Waals surface area contributed by atoms with Gasteiger partial charge in [0.15, 0.2) is 0 Å². The number of anilines is 1. The van der Waals surface area contributed by atoms with Crippen molar-refractivity contribution in [2.24, 2.45) is 5.92 Å². The quantitative estimate of drug-likeness (QED) is 0.694. The van der Waals surface area contributed by atoms with Crippen molar-refractivity contribution in [2.75, 3.05) is 5.32 Å². The summed E-state index contributed by atoms with van der Waals surface area (Å²) in [6, 6.07) is 5.52. The number of nitrogens with one attached hydrogen (secondary N) is 1. The van der Waals surface area contributed by atoms with Crippen molar-refractivity contribution >= 4 is 21.6 Å². The molecule has 1 fully saturated rings. The predicted molar refractivity (Wildman–Crippen MR) is 83.0 cm³/mol. The molecular formula is C16H23BrFN. The molecule has 1 aliphatic carbocycles. The molecule has 2 atom stereocenters. The summed E-state index contributed by atoms with van der Waals surface area (Å²) in [7, 11) is 0. The average Bonchev–Trinajstić information content (AvgIpc) is 2.60. The van der Waals surface area contributed by atoms with E-state index in [2.05, 4.69) is 28.2 Å². The van der Waals surface area contributed by atoms with Crippen molar-refractivity contribution in [3.05, 3.63) is 28.5 Å². The van der Waals surface area contributed by atoms with Gasteiger partial charge in [0.1, 0.15) is 5.82 Å². The van der Waals surface area contributed by atoms with Crippen LogP contribution in [0.25, 0.3) is 0 Å². The van der Waals surface area contributed by atoms with Gasteiger partial charge in [0.25, 0.3) is 0 Å². The smallest absolute Gasteiger partial charge is 0.146 e. The lowest BCUT2D eigenvalue weighted by molar-refractivity contribution is 0.422. The Morgan fingerprint density at radius 1 is 1.26 bits per heavy atom. The lowest BCUT2D eigenvalue weighted by atomic mass is 9.95. The van der Waals surface area contributed by atoms with Crippen LogP contribution in [-0.2, 0) is 0 Å². The highest BCUT2D eigenvalue weighted by Crippen LogP contribution is 2.29. The summed E-state index contributed by atoms with van der Waals surface area (Å²) in [6.07, 6.45) is 8.83. The maximum absolute atomic E-state index is 13.7. The fraction of sp³-hybridized carbons (Fsp3) is 0.625. The van der Waals surface area contributed by atoms with Gasteiger partial charge >= 0.3 is 0 Å². The molecule has 0 aromatic heterocycles. The van der Waals surface area contributed by atoms with E-state index in [0.717, 1.165) is 23.2 Å². The van der Waals surface area contributed by atoms with Gasteiger partial charge in [0.05, 0.1) is 5.69 Å². The van der Waals surface area contributed by atoms with E-state index >= 15 is 0 Å². The maximum Gasteiger partial charge on any atom is 0.146 e. The molecule has 0 aliphatic heterocycles. The highest BCUT2D eigenvalue weighted by atomic mass is 79.9. The highest BCUT2D eigenvalue weighted by Gasteiger charge is 2.19. The van der Waals surface area contributed by atoms with Crippen LogP contribution in [0.3, 0.4) is 0 Å². The third kappa shape index (κ3) is 4.48. The van der Waals surface area contributed by atoms with Crippen molar-refractivity contribution in [1.82, 2.24) is 0 Å². The lowest BCUT2D eigenvalue weighted by Crippen LogP contribution is -2.19. The summed E-state index contributed by atoms with van der Waals surface area (Å²) in [5.74, 6) is 0.724. The minimum atomic E-state index is -0.155. The van der Waals surface area contributed by atoms with Crippen molar-refractivity contribution in [3.63, 3.8) is 0 Å². The molecule has 0 saturated heterocycles. The van der Waals surface area contributed by atoms with Gasteiger partial charge in [0, 0.05) is 10.5 Å². The van der Waals surface area contributed by atoms with Crippen LogP contribution < -0.4 is 5.32 Å². The summed E-state index contributed by atoms with van der Waals surface area (Å²) in [4.78, 5) is 0. The third-order valence-electron chi connectivity index (χ3n) is 4.07. The van der Waals surface area contributed by atoms with Crippen LogP contribution in [-0.4, -0.2) is 6.04 Å². The van der Waals surface area contributed by atoms with Crippen LogP contribution in [0, 0.1) is 11.7 Å². The molecule has 3 heteroatoms. The van der Waals surface area contributed by atoms with Crippen molar-refractivity contribution in [2.45, 2.75) is 57.9 Å². The van der Waals surface area contributed by atoms with Gasteiger partial charge in [-0.25, -0.2) is 4.39 Å². The molecule has 0 amide bonds. The van der Waals surface area contributed by atoms with Crippen molar-refractivity contribution in [3.8, 4) is 0 Å². The molecule has 1 saturated carbocycles. The fourth-order valence-electron chi connectivity index (χ4n) is 3.05. The molecule has 0 radical (unpaired) electrons. The number of hydrogen-bond donors (Lipinski definition) is 1. The van der Waals surface area contributed by atoms with Gasteiger partial charge in [-0.05, 0) is 43.4 Å². The van der Waals surface area contributed by atoms with E-state index in [4.69, 9.17) is 0 Å². The van der Waals surface area contributed by atoms with E-state index in [1.165, 1.54) is 38.2 Å². The van der Waals surface area contributed by atoms with Crippen LogP contribution in [0.5, 0.6) is 0 Å². The van der Waals surface area contributed by atoms with Crippen LogP contribution in [0.15, 0.2) is 22.7 Å². The summed E-state index contributed by atoms with van der Waals surface area (Å²) < 4.78 is 14.7. The number of halogens is 2. The minimum Gasteiger partial charge on any atom is -0.380 e. The Morgan fingerprint density at radius 2 is 2.11 bits per heavy atom. The summed E-state index contributed by atoms with van der Waals surface area (Å²) in [5, 5.41) is 3.39. The molecule has 1 N–H and O–H groups in total. The Hall–Kier alpha value is -0.570. The Kier molecular flexibility index (Phi) is 5.68. The molecule has 1 nitrogen and oxygen atoms in total. The van der Waals surface area contributed by atoms with Gasteiger partial charge in [-0.1, -0.05) is 48.5 Å². The molecule has 106 valence electrons. The van der Waals surface area contributed by atoms with E-state index in [0.29, 0.717) is 11.7 Å². The molecular weight excluding hydrogens is 305 g/mol. The zero-order valence-corrected chi connectivity index (χ0v) is 13.2. The Bertz CT molecular complexity index is 408. The second-order valence-corrected chi connectivity index (χ2v) is 6.54. The summed E-state index contributed by atoms with van der Waals surface area (Å²) in [5.41, 5.74) is 0.633. The van der Waals surface area contributed by atoms with Crippen LogP contribution >= 0.6 is 15.9 Å². The molecule has 0 bridgehead atoms. The molecule has 1 aromatic carbocycles.